The Bertz CT molecular complexity index is 718. The van der Waals surface area contributed by atoms with E-state index < -0.39 is 10.0 Å². The molecule has 0 fully saturated rings. The van der Waals surface area contributed by atoms with Crippen LogP contribution in [0.25, 0.3) is 0 Å². The van der Waals surface area contributed by atoms with Crippen LogP contribution in [-0.2, 0) is 10.0 Å². The topological polar surface area (TPSA) is 72.2 Å². The minimum Gasteiger partial charge on any atom is -0.323 e. The molecule has 0 spiro atoms. The monoisotopic (exact) mass is 340 g/mol. The van der Waals surface area contributed by atoms with E-state index in [9.17, 15) is 8.42 Å². The van der Waals surface area contributed by atoms with Gasteiger partial charge in [0.15, 0.2) is 0 Å². The number of nitrogens with one attached hydrogen (secondary N) is 1. The van der Waals surface area contributed by atoms with Gasteiger partial charge in [0.05, 0.1) is 4.90 Å². The molecule has 0 aromatic heterocycles. The highest BCUT2D eigenvalue weighted by molar-refractivity contribution is 7.89. The molecule has 22 heavy (non-hydrogen) atoms. The summed E-state index contributed by atoms with van der Waals surface area (Å²) < 4.78 is 27.1. The maximum Gasteiger partial charge on any atom is 0.240 e. The number of nitrogens with two attached hydrogens (primary N) is 1. The maximum atomic E-state index is 12.3. The number of aryl methyl sites for hydroxylation is 2. The summed E-state index contributed by atoms with van der Waals surface area (Å²) in [7, 11) is -3.53. The summed E-state index contributed by atoms with van der Waals surface area (Å²) in [5.41, 5.74) is 8.92. The Morgan fingerprint density at radius 1 is 1.05 bits per heavy atom. The minimum atomic E-state index is -3.53. The predicted octanol–water partition coefficient (Wildman–Crippen LogP) is 2.70. The lowest BCUT2D eigenvalue weighted by molar-refractivity contribution is 0.572. The van der Waals surface area contributed by atoms with Crippen LogP contribution in [0.1, 0.15) is 22.7 Å². The Morgan fingerprint density at radius 3 is 2.27 bits per heavy atom. The summed E-state index contributed by atoms with van der Waals surface area (Å²) in [5, 5.41) is 0. The van der Waals surface area contributed by atoms with Crippen LogP contribution < -0.4 is 10.5 Å². The fraction of sp³-hybridized carbons (Fsp3) is 0.250. The molecule has 0 aliphatic heterocycles. The van der Waals surface area contributed by atoms with Gasteiger partial charge in [0, 0.05) is 12.6 Å². The first kappa shape index (κ1) is 18.6. The Kier molecular flexibility index (Phi) is 6.56. The standard InChI is InChI=1S/C16H20N2O2S.ClH/c1-12-8-9-15(10-13(12)2)21(19,20)18-11-16(17)14-6-4-3-5-7-14;/h3-10,16,18H,11,17H2,1-2H3;1H. The molecule has 1 atom stereocenters. The third-order valence-electron chi connectivity index (χ3n) is 3.51. The molecule has 2 aromatic rings. The Labute approximate surface area is 138 Å². The predicted molar refractivity (Wildman–Crippen MR) is 91.7 cm³/mol. The summed E-state index contributed by atoms with van der Waals surface area (Å²) in [5.74, 6) is 0. The summed E-state index contributed by atoms with van der Waals surface area (Å²) in [6.45, 7) is 4.01. The second-order valence-electron chi connectivity index (χ2n) is 5.12. The Hall–Kier alpha value is -1.40. The van der Waals surface area contributed by atoms with Gasteiger partial charge >= 0.3 is 0 Å². The summed E-state index contributed by atoms with van der Waals surface area (Å²) in [6.07, 6.45) is 0. The lowest BCUT2D eigenvalue weighted by atomic mass is 10.1. The van der Waals surface area contributed by atoms with Crippen molar-refractivity contribution in [3.05, 3.63) is 65.2 Å². The van der Waals surface area contributed by atoms with Gasteiger partial charge in [0.2, 0.25) is 10.0 Å². The normalized spacial score (nSPS) is 12.5. The molecule has 0 saturated heterocycles. The van der Waals surface area contributed by atoms with Gasteiger partial charge in [0.1, 0.15) is 0 Å². The smallest absolute Gasteiger partial charge is 0.240 e. The average Bonchev–Trinajstić information content (AvgIpc) is 2.48. The quantitative estimate of drug-likeness (QED) is 0.879. The third kappa shape index (κ3) is 4.55. The molecule has 2 aromatic carbocycles. The van der Waals surface area contributed by atoms with Crippen molar-refractivity contribution >= 4 is 22.4 Å². The minimum absolute atomic E-state index is 0. The van der Waals surface area contributed by atoms with Crippen LogP contribution in [0.3, 0.4) is 0 Å². The molecule has 0 saturated carbocycles. The fourth-order valence-electron chi connectivity index (χ4n) is 1.98. The number of halogens is 1. The van der Waals surface area contributed by atoms with E-state index in [1.165, 1.54) is 0 Å². The SMILES string of the molecule is Cc1ccc(S(=O)(=O)NCC(N)c2ccccc2)cc1C.Cl. The van der Waals surface area contributed by atoms with Crippen LogP contribution in [0, 0.1) is 13.8 Å². The Balaban J connectivity index is 0.00000242. The number of hydrogen-bond acceptors (Lipinski definition) is 3. The van der Waals surface area contributed by atoms with E-state index in [0.717, 1.165) is 16.7 Å². The zero-order valence-electron chi connectivity index (χ0n) is 12.6. The molecule has 0 aliphatic carbocycles. The van der Waals surface area contributed by atoms with E-state index in [4.69, 9.17) is 5.73 Å². The second kappa shape index (κ2) is 7.74. The van der Waals surface area contributed by atoms with Crippen molar-refractivity contribution in [3.8, 4) is 0 Å². The molecule has 1 unspecified atom stereocenters. The van der Waals surface area contributed by atoms with Crippen molar-refractivity contribution < 1.29 is 8.42 Å². The highest BCUT2D eigenvalue weighted by Crippen LogP contribution is 2.15. The molecule has 0 radical (unpaired) electrons. The van der Waals surface area contributed by atoms with Gasteiger partial charge in [-0.05, 0) is 42.7 Å². The van der Waals surface area contributed by atoms with Gasteiger partial charge in [-0.1, -0.05) is 36.4 Å². The second-order valence-corrected chi connectivity index (χ2v) is 6.88. The van der Waals surface area contributed by atoms with Gasteiger partial charge < -0.3 is 5.73 Å². The van der Waals surface area contributed by atoms with Crippen molar-refractivity contribution in [3.63, 3.8) is 0 Å². The van der Waals surface area contributed by atoms with Crippen LogP contribution in [0.15, 0.2) is 53.4 Å². The van der Waals surface area contributed by atoms with E-state index >= 15 is 0 Å². The largest absolute Gasteiger partial charge is 0.323 e. The van der Waals surface area contributed by atoms with Crippen molar-refractivity contribution in [2.24, 2.45) is 5.73 Å². The lowest BCUT2D eigenvalue weighted by Crippen LogP contribution is -2.32. The molecule has 6 heteroatoms. The van der Waals surface area contributed by atoms with E-state index in [0.29, 0.717) is 0 Å². The lowest BCUT2D eigenvalue weighted by Gasteiger charge is -2.14. The van der Waals surface area contributed by atoms with E-state index in [2.05, 4.69) is 4.72 Å². The zero-order valence-corrected chi connectivity index (χ0v) is 14.2. The fourth-order valence-corrected chi connectivity index (χ4v) is 3.13. The molecule has 0 bridgehead atoms. The van der Waals surface area contributed by atoms with Crippen molar-refractivity contribution in [1.29, 1.82) is 0 Å². The molecular weight excluding hydrogens is 320 g/mol. The summed E-state index contributed by atoms with van der Waals surface area (Å²) in [6, 6.07) is 14.2. The van der Waals surface area contributed by atoms with Gasteiger partial charge in [-0.25, -0.2) is 13.1 Å². The molecule has 120 valence electrons. The Morgan fingerprint density at radius 2 is 1.68 bits per heavy atom. The van der Waals surface area contributed by atoms with Gasteiger partial charge in [0.25, 0.3) is 0 Å². The molecule has 4 nitrogen and oxygen atoms in total. The molecule has 3 N–H and O–H groups in total. The van der Waals surface area contributed by atoms with Crippen LogP contribution in [0.4, 0.5) is 0 Å². The van der Waals surface area contributed by atoms with E-state index in [-0.39, 0.29) is 29.9 Å². The highest BCUT2D eigenvalue weighted by Gasteiger charge is 2.16. The molecule has 0 amide bonds. The van der Waals surface area contributed by atoms with Crippen molar-refractivity contribution in [2.45, 2.75) is 24.8 Å². The summed E-state index contributed by atoms with van der Waals surface area (Å²) >= 11 is 0. The number of sulfonamides is 1. The van der Waals surface area contributed by atoms with E-state index in [1.54, 1.807) is 18.2 Å². The van der Waals surface area contributed by atoms with Crippen LogP contribution in [0.2, 0.25) is 0 Å². The van der Waals surface area contributed by atoms with Crippen molar-refractivity contribution in [2.75, 3.05) is 6.54 Å². The molecule has 0 heterocycles. The van der Waals surface area contributed by atoms with Gasteiger partial charge in [-0.15, -0.1) is 12.4 Å². The third-order valence-corrected chi connectivity index (χ3v) is 4.93. The van der Waals surface area contributed by atoms with Crippen LogP contribution in [0.5, 0.6) is 0 Å². The van der Waals surface area contributed by atoms with Gasteiger partial charge in [-0.2, -0.15) is 0 Å². The number of hydrogen-bond donors (Lipinski definition) is 2. The first-order chi connectivity index (χ1) is 9.90. The average molecular weight is 341 g/mol. The number of benzene rings is 2. The highest BCUT2D eigenvalue weighted by atomic mass is 35.5. The van der Waals surface area contributed by atoms with Crippen LogP contribution >= 0.6 is 12.4 Å². The molecular formula is C16H21ClN2O2S. The van der Waals surface area contributed by atoms with Gasteiger partial charge in [-0.3, -0.25) is 0 Å². The number of rotatable bonds is 5. The first-order valence-electron chi connectivity index (χ1n) is 6.77. The summed E-state index contributed by atoms with van der Waals surface area (Å²) in [4.78, 5) is 0.269. The molecule has 2 rings (SSSR count). The van der Waals surface area contributed by atoms with Crippen molar-refractivity contribution in [1.82, 2.24) is 4.72 Å². The first-order valence-corrected chi connectivity index (χ1v) is 8.26. The maximum absolute atomic E-state index is 12.3. The molecule has 0 aliphatic rings. The van der Waals surface area contributed by atoms with E-state index in [1.807, 2.05) is 44.2 Å². The zero-order chi connectivity index (χ0) is 15.5. The van der Waals surface area contributed by atoms with Crippen LogP contribution in [-0.4, -0.2) is 15.0 Å².